The number of rotatable bonds is 3. The van der Waals surface area contributed by atoms with Crippen LogP contribution in [0.4, 0.5) is 4.39 Å². The average molecular weight is 299 g/mol. The Morgan fingerprint density at radius 3 is 2.86 bits per heavy atom. The van der Waals surface area contributed by atoms with Crippen LogP contribution in [0, 0.1) is 12.7 Å². The molecule has 0 radical (unpaired) electrons. The monoisotopic (exact) mass is 299 g/mol. The molecule has 0 aliphatic heterocycles. The molecule has 0 aliphatic carbocycles. The number of methoxy groups -OCH3 is 1. The first kappa shape index (κ1) is 14.3. The smallest absolute Gasteiger partial charge is 0.354 e. The van der Waals surface area contributed by atoms with Gasteiger partial charge in [-0.3, -0.25) is 0 Å². The van der Waals surface area contributed by atoms with Crippen LogP contribution in [-0.2, 0) is 11.3 Å². The van der Waals surface area contributed by atoms with Gasteiger partial charge in [0, 0.05) is 17.0 Å². The predicted molar refractivity (Wildman–Crippen MR) is 80.1 cm³/mol. The summed E-state index contributed by atoms with van der Waals surface area (Å²) >= 11 is 0. The SMILES string of the molecule is COC(=O)c1cc2cc[nH+]cc2n1Cc1ccc(C)cc1F. The Bertz CT molecular complexity index is 855. The van der Waals surface area contributed by atoms with E-state index in [0.717, 1.165) is 16.5 Å². The fourth-order valence-corrected chi connectivity index (χ4v) is 2.54. The van der Waals surface area contributed by atoms with E-state index in [4.69, 9.17) is 4.74 Å². The highest BCUT2D eigenvalue weighted by atomic mass is 19.1. The van der Waals surface area contributed by atoms with Gasteiger partial charge in [0.1, 0.15) is 17.0 Å². The molecular weight excluding hydrogens is 283 g/mol. The molecule has 1 aromatic carbocycles. The second kappa shape index (κ2) is 5.60. The third-order valence-electron chi connectivity index (χ3n) is 3.68. The summed E-state index contributed by atoms with van der Waals surface area (Å²) in [6.45, 7) is 2.10. The lowest BCUT2D eigenvalue weighted by Gasteiger charge is -2.10. The number of nitrogens with zero attached hydrogens (tertiary/aromatic N) is 1. The Balaban J connectivity index is 2.14. The number of aromatic amines is 1. The van der Waals surface area contributed by atoms with Crippen LogP contribution in [0.5, 0.6) is 0 Å². The van der Waals surface area contributed by atoms with E-state index in [1.54, 1.807) is 29.1 Å². The van der Waals surface area contributed by atoms with E-state index >= 15 is 0 Å². The van der Waals surface area contributed by atoms with Gasteiger partial charge in [-0.05, 0) is 24.6 Å². The minimum Gasteiger partial charge on any atom is -0.464 e. The molecule has 0 unspecified atom stereocenters. The highest BCUT2D eigenvalue weighted by molar-refractivity contribution is 5.95. The molecule has 3 rings (SSSR count). The second-order valence-electron chi connectivity index (χ2n) is 5.19. The molecule has 0 spiro atoms. The van der Waals surface area contributed by atoms with Crippen LogP contribution in [0.3, 0.4) is 0 Å². The van der Waals surface area contributed by atoms with Crippen LogP contribution < -0.4 is 4.98 Å². The average Bonchev–Trinajstić information content (AvgIpc) is 2.88. The highest BCUT2D eigenvalue weighted by Crippen LogP contribution is 2.21. The molecule has 4 nitrogen and oxygen atoms in total. The van der Waals surface area contributed by atoms with Gasteiger partial charge in [-0.1, -0.05) is 12.1 Å². The van der Waals surface area contributed by atoms with Gasteiger partial charge >= 0.3 is 5.97 Å². The van der Waals surface area contributed by atoms with Crippen molar-refractivity contribution in [1.82, 2.24) is 4.57 Å². The molecule has 0 atom stereocenters. The molecule has 3 aromatic rings. The fourth-order valence-electron chi connectivity index (χ4n) is 2.54. The van der Waals surface area contributed by atoms with E-state index in [2.05, 4.69) is 4.98 Å². The summed E-state index contributed by atoms with van der Waals surface area (Å²) in [6.07, 6.45) is 3.56. The van der Waals surface area contributed by atoms with Crippen molar-refractivity contribution in [2.75, 3.05) is 7.11 Å². The van der Waals surface area contributed by atoms with E-state index in [1.807, 2.05) is 19.1 Å². The Hall–Kier alpha value is -2.69. The first-order chi connectivity index (χ1) is 10.6. The Morgan fingerprint density at radius 2 is 2.14 bits per heavy atom. The number of nitrogens with one attached hydrogen (secondary N) is 1. The van der Waals surface area contributed by atoms with Gasteiger partial charge in [0.25, 0.3) is 0 Å². The van der Waals surface area contributed by atoms with Crippen LogP contribution in [0.2, 0.25) is 0 Å². The molecule has 5 heteroatoms. The molecule has 1 N–H and O–H groups in total. The predicted octanol–water partition coefficient (Wildman–Crippen LogP) is 2.74. The minimum absolute atomic E-state index is 0.262. The Kier molecular flexibility index (Phi) is 3.63. The van der Waals surface area contributed by atoms with Crippen LogP contribution in [0.1, 0.15) is 21.6 Å². The van der Waals surface area contributed by atoms with Gasteiger partial charge in [-0.25, -0.2) is 14.2 Å². The zero-order chi connectivity index (χ0) is 15.7. The van der Waals surface area contributed by atoms with E-state index in [0.29, 0.717) is 11.3 Å². The number of carbonyl (C=O) groups excluding carboxylic acids is 1. The molecule has 0 saturated heterocycles. The molecule has 0 fully saturated rings. The van der Waals surface area contributed by atoms with Crippen molar-refractivity contribution in [3.63, 3.8) is 0 Å². The Morgan fingerprint density at radius 1 is 1.32 bits per heavy atom. The lowest BCUT2D eigenvalue weighted by Crippen LogP contribution is -2.13. The first-order valence-electron chi connectivity index (χ1n) is 6.93. The zero-order valence-electron chi connectivity index (χ0n) is 12.4. The third kappa shape index (κ3) is 2.45. The van der Waals surface area contributed by atoms with Crippen molar-refractivity contribution < 1.29 is 18.9 Å². The summed E-state index contributed by atoms with van der Waals surface area (Å²) in [4.78, 5) is 15.0. The van der Waals surface area contributed by atoms with Gasteiger partial charge in [-0.2, -0.15) is 0 Å². The summed E-state index contributed by atoms with van der Waals surface area (Å²) in [5.41, 5.74) is 2.61. The van der Waals surface area contributed by atoms with E-state index in [-0.39, 0.29) is 12.4 Å². The summed E-state index contributed by atoms with van der Waals surface area (Å²) < 4.78 is 20.7. The van der Waals surface area contributed by atoms with Gasteiger partial charge in [-0.15, -0.1) is 0 Å². The number of benzene rings is 1. The number of halogens is 1. The molecule has 22 heavy (non-hydrogen) atoms. The van der Waals surface area contributed by atoms with E-state index in [9.17, 15) is 9.18 Å². The number of esters is 1. The normalized spacial score (nSPS) is 10.9. The molecular formula is C17H16FN2O2+. The number of pyridine rings is 1. The lowest BCUT2D eigenvalue weighted by atomic mass is 10.1. The number of hydrogen-bond donors (Lipinski definition) is 0. The van der Waals surface area contributed by atoms with Gasteiger partial charge in [0.2, 0.25) is 0 Å². The van der Waals surface area contributed by atoms with Crippen molar-refractivity contribution in [2.24, 2.45) is 0 Å². The van der Waals surface area contributed by atoms with E-state index < -0.39 is 5.97 Å². The van der Waals surface area contributed by atoms with Crippen LogP contribution in [0.25, 0.3) is 10.9 Å². The number of aromatic nitrogens is 2. The number of fused-ring (bicyclic) bond motifs is 1. The number of H-pyrrole nitrogens is 1. The summed E-state index contributed by atoms with van der Waals surface area (Å²) in [6, 6.07) is 8.70. The van der Waals surface area contributed by atoms with Crippen molar-refractivity contribution in [1.29, 1.82) is 0 Å². The summed E-state index contributed by atoms with van der Waals surface area (Å²) in [5, 5.41) is 0.895. The highest BCUT2D eigenvalue weighted by Gasteiger charge is 2.18. The van der Waals surface area contributed by atoms with Crippen molar-refractivity contribution in [3.8, 4) is 0 Å². The Labute approximate surface area is 127 Å². The van der Waals surface area contributed by atoms with E-state index in [1.165, 1.54) is 13.2 Å². The molecule has 0 bridgehead atoms. The third-order valence-corrected chi connectivity index (χ3v) is 3.68. The van der Waals surface area contributed by atoms with Gasteiger partial charge in [0.15, 0.2) is 12.4 Å². The van der Waals surface area contributed by atoms with Crippen molar-refractivity contribution >= 4 is 16.9 Å². The molecule has 112 valence electrons. The largest absolute Gasteiger partial charge is 0.464 e. The van der Waals surface area contributed by atoms with Gasteiger partial charge < -0.3 is 9.30 Å². The van der Waals surface area contributed by atoms with Crippen molar-refractivity contribution in [2.45, 2.75) is 13.5 Å². The maximum atomic E-state index is 14.1. The number of hydrogen-bond acceptors (Lipinski definition) is 2. The van der Waals surface area contributed by atoms with Crippen LogP contribution in [0.15, 0.2) is 42.7 Å². The fraction of sp³-hybridized carbons (Fsp3) is 0.176. The molecule has 0 saturated carbocycles. The minimum atomic E-state index is -0.441. The topological polar surface area (TPSA) is 45.4 Å². The molecule has 0 amide bonds. The second-order valence-corrected chi connectivity index (χ2v) is 5.19. The molecule has 0 aliphatic rings. The first-order valence-corrected chi connectivity index (χ1v) is 6.93. The summed E-state index contributed by atoms with van der Waals surface area (Å²) in [7, 11) is 1.34. The van der Waals surface area contributed by atoms with Crippen LogP contribution >= 0.6 is 0 Å². The van der Waals surface area contributed by atoms with Gasteiger partial charge in [0.05, 0.1) is 13.7 Å². The maximum Gasteiger partial charge on any atom is 0.354 e. The molecule has 2 heterocycles. The number of ether oxygens (including phenoxy) is 1. The quantitative estimate of drug-likeness (QED) is 0.698. The molecule has 2 aromatic heterocycles. The van der Waals surface area contributed by atoms with Crippen LogP contribution in [-0.4, -0.2) is 17.6 Å². The van der Waals surface area contributed by atoms with Crippen molar-refractivity contribution in [3.05, 3.63) is 65.4 Å². The number of aryl methyl sites for hydroxylation is 1. The zero-order valence-corrected chi connectivity index (χ0v) is 12.4. The maximum absolute atomic E-state index is 14.1. The summed E-state index contributed by atoms with van der Waals surface area (Å²) in [5.74, 6) is -0.721. The lowest BCUT2D eigenvalue weighted by molar-refractivity contribution is -0.376. The standard InChI is InChI=1S/C17H15FN2O2/c1-11-3-4-13(14(18)7-11)10-20-15(17(21)22-2)8-12-5-6-19-9-16(12)20/h3-9H,10H2,1-2H3/p+1. The number of carbonyl (C=O) groups is 1.